The minimum Gasteiger partial charge on any atom is -0.493 e. The number of rotatable bonds is 6. The van der Waals surface area contributed by atoms with Crippen molar-refractivity contribution >= 4 is 22.8 Å². The molecule has 0 N–H and O–H groups in total. The van der Waals surface area contributed by atoms with Crippen molar-refractivity contribution in [2.24, 2.45) is 0 Å². The lowest BCUT2D eigenvalue weighted by atomic mass is 9.96. The van der Waals surface area contributed by atoms with Gasteiger partial charge in [0, 0.05) is 0 Å². The fraction of sp³-hybridized carbons (Fsp3) is 0.280. The smallest absolute Gasteiger partial charge is 0.411 e. The number of amides is 1. The molecule has 0 bridgehead atoms. The quantitative estimate of drug-likeness (QED) is 0.525. The Morgan fingerprint density at radius 3 is 2.41 bits per heavy atom. The maximum absolute atomic E-state index is 13.1. The van der Waals surface area contributed by atoms with Crippen molar-refractivity contribution in [3.05, 3.63) is 71.8 Å². The van der Waals surface area contributed by atoms with E-state index in [1.807, 2.05) is 49.4 Å². The van der Waals surface area contributed by atoms with E-state index in [4.69, 9.17) is 18.9 Å². The second kappa shape index (κ2) is 8.78. The Morgan fingerprint density at radius 2 is 1.69 bits per heavy atom. The highest BCUT2D eigenvalue weighted by molar-refractivity contribution is 5.89. The van der Waals surface area contributed by atoms with Gasteiger partial charge >= 0.3 is 12.1 Å². The summed E-state index contributed by atoms with van der Waals surface area (Å²) in [7, 11) is 4.37. The predicted molar refractivity (Wildman–Crippen MR) is 119 cm³/mol. The summed E-state index contributed by atoms with van der Waals surface area (Å²) in [5, 5.41) is 2.06. The fourth-order valence-corrected chi connectivity index (χ4v) is 4.30. The minimum atomic E-state index is -0.959. The SMILES string of the molecule is COC(=O)C1C(c2ccc(OC)c(OC)c2)OC(=O)N1C(C)c1cccc2ccccc12. The maximum Gasteiger partial charge on any atom is 0.411 e. The van der Waals surface area contributed by atoms with Gasteiger partial charge in [-0.15, -0.1) is 0 Å². The van der Waals surface area contributed by atoms with Gasteiger partial charge in [-0.1, -0.05) is 48.5 Å². The Balaban J connectivity index is 1.77. The lowest BCUT2D eigenvalue weighted by Crippen LogP contribution is -2.42. The monoisotopic (exact) mass is 435 g/mol. The summed E-state index contributed by atoms with van der Waals surface area (Å²) in [5.41, 5.74) is 1.53. The van der Waals surface area contributed by atoms with E-state index >= 15 is 0 Å². The number of ether oxygens (including phenoxy) is 4. The second-order valence-corrected chi connectivity index (χ2v) is 7.54. The van der Waals surface area contributed by atoms with Crippen LogP contribution in [0.4, 0.5) is 4.79 Å². The molecule has 0 spiro atoms. The highest BCUT2D eigenvalue weighted by Gasteiger charge is 2.50. The molecule has 1 fully saturated rings. The molecule has 0 aromatic heterocycles. The van der Waals surface area contributed by atoms with Gasteiger partial charge in [-0.2, -0.15) is 0 Å². The molecule has 3 atom stereocenters. The molecule has 3 aromatic rings. The molecule has 32 heavy (non-hydrogen) atoms. The molecule has 3 unspecified atom stereocenters. The number of methoxy groups -OCH3 is 3. The van der Waals surface area contributed by atoms with E-state index < -0.39 is 30.3 Å². The topological polar surface area (TPSA) is 74.3 Å². The molecule has 4 rings (SSSR count). The normalized spacial score (nSPS) is 18.9. The summed E-state index contributed by atoms with van der Waals surface area (Å²) in [6.45, 7) is 1.88. The third-order valence-corrected chi connectivity index (χ3v) is 5.89. The zero-order chi connectivity index (χ0) is 22.8. The van der Waals surface area contributed by atoms with Crippen LogP contribution in [0.3, 0.4) is 0 Å². The average Bonchev–Trinajstić information content (AvgIpc) is 3.19. The van der Waals surface area contributed by atoms with Crippen molar-refractivity contribution < 1.29 is 28.5 Å². The number of benzene rings is 3. The lowest BCUT2D eigenvalue weighted by Gasteiger charge is -2.29. The van der Waals surface area contributed by atoms with E-state index in [-0.39, 0.29) is 0 Å². The first kappa shape index (κ1) is 21.5. The zero-order valence-corrected chi connectivity index (χ0v) is 18.4. The van der Waals surface area contributed by atoms with Crippen LogP contribution in [0.5, 0.6) is 11.5 Å². The number of esters is 1. The highest BCUT2D eigenvalue weighted by Crippen LogP contribution is 2.42. The van der Waals surface area contributed by atoms with Crippen molar-refractivity contribution in [2.45, 2.75) is 25.1 Å². The van der Waals surface area contributed by atoms with Gasteiger partial charge in [-0.05, 0) is 41.0 Å². The Bertz CT molecular complexity index is 1150. The molecule has 0 aliphatic carbocycles. The first-order chi connectivity index (χ1) is 15.5. The summed E-state index contributed by atoms with van der Waals surface area (Å²) >= 11 is 0. The Kier molecular flexibility index (Phi) is 5.90. The molecule has 1 saturated heterocycles. The molecular formula is C25H25NO6. The van der Waals surface area contributed by atoms with Gasteiger partial charge < -0.3 is 18.9 Å². The van der Waals surface area contributed by atoms with Crippen LogP contribution in [0.2, 0.25) is 0 Å². The predicted octanol–water partition coefficient (Wildman–Crippen LogP) is 4.65. The van der Waals surface area contributed by atoms with Gasteiger partial charge in [-0.3, -0.25) is 4.90 Å². The third kappa shape index (κ3) is 3.60. The molecule has 1 aliphatic rings. The Morgan fingerprint density at radius 1 is 0.969 bits per heavy atom. The largest absolute Gasteiger partial charge is 0.493 e. The van der Waals surface area contributed by atoms with Crippen molar-refractivity contribution in [1.82, 2.24) is 4.90 Å². The summed E-state index contributed by atoms with van der Waals surface area (Å²) in [4.78, 5) is 27.4. The van der Waals surface area contributed by atoms with Crippen molar-refractivity contribution in [1.29, 1.82) is 0 Å². The molecule has 7 heteroatoms. The van der Waals surface area contributed by atoms with Gasteiger partial charge in [0.05, 0.1) is 27.4 Å². The number of nitrogens with zero attached hydrogens (tertiary/aromatic N) is 1. The van der Waals surface area contributed by atoms with E-state index in [0.29, 0.717) is 17.1 Å². The lowest BCUT2D eigenvalue weighted by molar-refractivity contribution is -0.147. The Labute approximate surface area is 186 Å². The molecule has 7 nitrogen and oxygen atoms in total. The van der Waals surface area contributed by atoms with Crippen molar-refractivity contribution in [3.63, 3.8) is 0 Å². The number of hydrogen-bond acceptors (Lipinski definition) is 6. The molecule has 3 aromatic carbocycles. The van der Waals surface area contributed by atoms with Crippen molar-refractivity contribution in [2.75, 3.05) is 21.3 Å². The van der Waals surface area contributed by atoms with Gasteiger partial charge in [0.2, 0.25) is 0 Å². The number of carbonyl (C=O) groups excluding carboxylic acids is 2. The van der Waals surface area contributed by atoms with Gasteiger partial charge in [0.1, 0.15) is 0 Å². The summed E-state index contributed by atoms with van der Waals surface area (Å²) in [5.74, 6) is 0.462. The van der Waals surface area contributed by atoms with Crippen LogP contribution < -0.4 is 9.47 Å². The van der Waals surface area contributed by atoms with Gasteiger partial charge in [0.25, 0.3) is 0 Å². The third-order valence-electron chi connectivity index (χ3n) is 5.89. The summed E-state index contributed by atoms with van der Waals surface area (Å²) < 4.78 is 21.5. The number of carbonyl (C=O) groups is 2. The molecule has 1 aliphatic heterocycles. The summed E-state index contributed by atoms with van der Waals surface area (Å²) in [6.07, 6.45) is -1.44. The van der Waals surface area contributed by atoms with Crippen LogP contribution in [0.15, 0.2) is 60.7 Å². The molecule has 0 radical (unpaired) electrons. The van der Waals surface area contributed by atoms with Crippen molar-refractivity contribution in [3.8, 4) is 11.5 Å². The second-order valence-electron chi connectivity index (χ2n) is 7.54. The minimum absolute atomic E-state index is 0.428. The fourth-order valence-electron chi connectivity index (χ4n) is 4.30. The number of cyclic esters (lactones) is 1. The van der Waals surface area contributed by atoms with Crippen LogP contribution in [0, 0.1) is 0 Å². The highest BCUT2D eigenvalue weighted by atomic mass is 16.6. The summed E-state index contributed by atoms with van der Waals surface area (Å²) in [6, 6.07) is 17.6. The number of hydrogen-bond donors (Lipinski definition) is 0. The zero-order valence-electron chi connectivity index (χ0n) is 18.4. The molecular weight excluding hydrogens is 410 g/mol. The van der Waals surface area contributed by atoms with E-state index in [2.05, 4.69) is 0 Å². The van der Waals surface area contributed by atoms with Crippen LogP contribution >= 0.6 is 0 Å². The first-order valence-corrected chi connectivity index (χ1v) is 10.3. The standard InChI is InChI=1S/C25H25NO6/c1-15(18-11-7-9-16-8-5-6-10-19(16)18)26-22(24(27)31-4)23(32-25(26)28)17-12-13-20(29-2)21(14-17)30-3/h5-15,22-23H,1-4H3. The first-order valence-electron chi connectivity index (χ1n) is 10.3. The van der Waals surface area contributed by atoms with Crippen LogP contribution in [-0.2, 0) is 14.3 Å². The average molecular weight is 435 g/mol. The Hall–Kier alpha value is -3.74. The molecule has 1 amide bonds. The molecule has 0 saturated carbocycles. The van der Waals surface area contributed by atoms with Crippen LogP contribution in [-0.4, -0.2) is 44.3 Å². The van der Waals surface area contributed by atoms with Gasteiger partial charge in [0.15, 0.2) is 23.6 Å². The number of fused-ring (bicyclic) bond motifs is 1. The van der Waals surface area contributed by atoms with Crippen LogP contribution in [0.25, 0.3) is 10.8 Å². The maximum atomic E-state index is 13.1. The molecule has 1 heterocycles. The van der Waals surface area contributed by atoms with Crippen LogP contribution in [0.1, 0.15) is 30.2 Å². The molecule has 166 valence electrons. The van der Waals surface area contributed by atoms with E-state index in [0.717, 1.165) is 16.3 Å². The van der Waals surface area contributed by atoms with Gasteiger partial charge in [-0.25, -0.2) is 9.59 Å². The van der Waals surface area contributed by atoms with E-state index in [9.17, 15) is 9.59 Å². The van der Waals surface area contributed by atoms with E-state index in [1.165, 1.54) is 26.2 Å². The van der Waals surface area contributed by atoms with E-state index in [1.54, 1.807) is 18.2 Å².